The molecule has 1 atom stereocenters. The van der Waals surface area contributed by atoms with E-state index in [4.69, 9.17) is 14.0 Å². The van der Waals surface area contributed by atoms with Gasteiger partial charge in [-0.3, -0.25) is 4.79 Å². The Bertz CT molecular complexity index is 811. The fourth-order valence-electron chi connectivity index (χ4n) is 3.03. The Morgan fingerprint density at radius 2 is 1.90 bits per heavy atom. The molecule has 1 amide bonds. The van der Waals surface area contributed by atoms with E-state index in [1.54, 1.807) is 20.3 Å². The van der Waals surface area contributed by atoms with Gasteiger partial charge in [0.2, 0.25) is 17.6 Å². The lowest BCUT2D eigenvalue weighted by atomic mass is 9.91. The summed E-state index contributed by atoms with van der Waals surface area (Å²) in [5.41, 5.74) is 0.730. The molecule has 1 aromatic heterocycles. The number of nitrogens with zero attached hydrogens (tertiary/aromatic N) is 3. The maximum Gasteiger partial charge on any atom is 0.228 e. The van der Waals surface area contributed by atoms with Crippen LogP contribution in [0.2, 0.25) is 0 Å². The van der Waals surface area contributed by atoms with Crippen LogP contribution in [0.3, 0.4) is 0 Å². The molecule has 0 spiro atoms. The number of methoxy groups -OCH3 is 2. The van der Waals surface area contributed by atoms with Crippen LogP contribution in [-0.2, 0) is 11.2 Å². The maximum atomic E-state index is 12.8. The highest BCUT2D eigenvalue weighted by Gasteiger charge is 2.24. The molecule has 29 heavy (non-hydrogen) atoms. The second-order valence-corrected chi connectivity index (χ2v) is 8.41. The van der Waals surface area contributed by atoms with Crippen molar-refractivity contribution in [3.8, 4) is 22.9 Å². The van der Waals surface area contributed by atoms with Crippen LogP contribution < -0.4 is 9.47 Å². The van der Waals surface area contributed by atoms with E-state index in [9.17, 15) is 4.79 Å². The first-order valence-corrected chi connectivity index (χ1v) is 10.0. The van der Waals surface area contributed by atoms with Gasteiger partial charge in [0.1, 0.15) is 0 Å². The Balaban J connectivity index is 2.11. The molecule has 0 saturated heterocycles. The highest BCUT2D eigenvalue weighted by molar-refractivity contribution is 5.77. The van der Waals surface area contributed by atoms with Crippen LogP contribution in [0.4, 0.5) is 0 Å². The van der Waals surface area contributed by atoms with Crippen LogP contribution in [0.5, 0.6) is 11.5 Å². The molecule has 2 rings (SSSR count). The molecule has 160 valence electrons. The summed E-state index contributed by atoms with van der Waals surface area (Å²) in [7, 11) is 3.18. The van der Waals surface area contributed by atoms with Crippen molar-refractivity contribution in [3.05, 3.63) is 24.1 Å². The van der Waals surface area contributed by atoms with Gasteiger partial charge in [-0.2, -0.15) is 4.98 Å². The van der Waals surface area contributed by atoms with E-state index < -0.39 is 0 Å². The molecule has 7 nitrogen and oxygen atoms in total. The molecule has 0 bridgehead atoms. The van der Waals surface area contributed by atoms with Gasteiger partial charge >= 0.3 is 0 Å². The molecule has 0 saturated carbocycles. The summed E-state index contributed by atoms with van der Waals surface area (Å²) in [5, 5.41) is 4.08. The summed E-state index contributed by atoms with van der Waals surface area (Å²) in [6.45, 7) is 10.9. The van der Waals surface area contributed by atoms with Crippen LogP contribution in [-0.4, -0.2) is 47.8 Å². The van der Waals surface area contributed by atoms with Crippen LogP contribution in [0.15, 0.2) is 22.7 Å². The van der Waals surface area contributed by atoms with Crippen molar-refractivity contribution in [1.29, 1.82) is 0 Å². The van der Waals surface area contributed by atoms with E-state index in [1.165, 1.54) is 0 Å². The van der Waals surface area contributed by atoms with E-state index in [1.807, 2.05) is 17.0 Å². The lowest BCUT2D eigenvalue weighted by Gasteiger charge is -2.31. The zero-order valence-corrected chi connectivity index (χ0v) is 18.6. The van der Waals surface area contributed by atoms with Crippen molar-refractivity contribution < 1.29 is 18.8 Å². The first-order chi connectivity index (χ1) is 13.7. The third-order valence-electron chi connectivity index (χ3n) is 4.80. The number of rotatable bonds is 9. The summed E-state index contributed by atoms with van der Waals surface area (Å²) in [4.78, 5) is 19.2. The van der Waals surface area contributed by atoms with Crippen molar-refractivity contribution in [2.45, 2.75) is 59.9 Å². The average Bonchev–Trinajstić information content (AvgIpc) is 3.14. The quantitative estimate of drug-likeness (QED) is 0.619. The predicted molar refractivity (Wildman–Crippen MR) is 112 cm³/mol. The first kappa shape index (κ1) is 22.7. The number of aromatic nitrogens is 2. The molecule has 0 aliphatic rings. The first-order valence-electron chi connectivity index (χ1n) is 10.0. The van der Waals surface area contributed by atoms with Gasteiger partial charge in [0.05, 0.1) is 14.2 Å². The van der Waals surface area contributed by atoms with Crippen LogP contribution in [0, 0.1) is 5.41 Å². The highest BCUT2D eigenvalue weighted by atomic mass is 16.5. The van der Waals surface area contributed by atoms with E-state index in [0.717, 1.165) is 12.0 Å². The van der Waals surface area contributed by atoms with E-state index in [2.05, 4.69) is 44.8 Å². The monoisotopic (exact) mass is 403 g/mol. The SMILES string of the molecule is CCC(C)N(CCc1nc(-c2ccc(OC)c(OC)c2)no1)C(=O)CC(C)(C)C. The molecule has 7 heteroatoms. The van der Waals surface area contributed by atoms with Crippen molar-refractivity contribution in [2.24, 2.45) is 5.41 Å². The van der Waals surface area contributed by atoms with Gasteiger partial charge in [0.25, 0.3) is 0 Å². The zero-order chi connectivity index (χ0) is 21.6. The second kappa shape index (κ2) is 9.76. The Morgan fingerprint density at radius 1 is 1.21 bits per heavy atom. The van der Waals surface area contributed by atoms with Crippen LogP contribution >= 0.6 is 0 Å². The Morgan fingerprint density at radius 3 is 2.48 bits per heavy atom. The van der Waals surface area contributed by atoms with Gasteiger partial charge in [-0.15, -0.1) is 0 Å². The largest absolute Gasteiger partial charge is 0.493 e. The minimum atomic E-state index is -0.0477. The minimum Gasteiger partial charge on any atom is -0.493 e. The molecule has 1 heterocycles. The Labute approximate surface area is 173 Å². The molecule has 0 aliphatic heterocycles. The molecular weight excluding hydrogens is 370 g/mol. The number of carbonyl (C=O) groups is 1. The Kier molecular flexibility index (Phi) is 7.65. The molecule has 0 N–H and O–H groups in total. The van der Waals surface area contributed by atoms with Crippen molar-refractivity contribution in [1.82, 2.24) is 15.0 Å². The van der Waals surface area contributed by atoms with Gasteiger partial charge in [-0.25, -0.2) is 0 Å². The van der Waals surface area contributed by atoms with Crippen molar-refractivity contribution >= 4 is 5.91 Å². The number of hydrogen-bond donors (Lipinski definition) is 0. The molecule has 0 fully saturated rings. The molecule has 0 radical (unpaired) electrons. The van der Waals surface area contributed by atoms with Gasteiger partial charge in [-0.1, -0.05) is 32.9 Å². The number of ether oxygens (including phenoxy) is 2. The topological polar surface area (TPSA) is 77.7 Å². The Hall–Kier alpha value is -2.57. The smallest absolute Gasteiger partial charge is 0.228 e. The summed E-state index contributed by atoms with van der Waals surface area (Å²) in [6, 6.07) is 5.64. The number of carbonyl (C=O) groups excluding carboxylic acids is 1. The van der Waals surface area contributed by atoms with Gasteiger partial charge < -0.3 is 18.9 Å². The van der Waals surface area contributed by atoms with Crippen molar-refractivity contribution in [3.63, 3.8) is 0 Å². The fourth-order valence-corrected chi connectivity index (χ4v) is 3.03. The standard InChI is InChI=1S/C22H33N3O4/c1-8-15(2)25(20(26)14-22(3,4)5)12-11-19-23-21(24-29-19)16-9-10-17(27-6)18(13-16)28-7/h9-10,13,15H,8,11-12,14H2,1-7H3. The second-order valence-electron chi connectivity index (χ2n) is 8.41. The van der Waals surface area contributed by atoms with Gasteiger partial charge in [-0.05, 0) is 37.0 Å². The van der Waals surface area contributed by atoms with Gasteiger partial charge in [0.15, 0.2) is 11.5 Å². The maximum absolute atomic E-state index is 12.8. The van der Waals surface area contributed by atoms with E-state index in [0.29, 0.717) is 42.6 Å². The average molecular weight is 404 g/mol. The molecular formula is C22H33N3O4. The molecule has 1 aromatic carbocycles. The molecule has 1 unspecified atom stereocenters. The normalized spacial score (nSPS) is 12.5. The molecule has 2 aromatic rings. The highest BCUT2D eigenvalue weighted by Crippen LogP contribution is 2.31. The number of hydrogen-bond acceptors (Lipinski definition) is 6. The third kappa shape index (κ3) is 6.21. The van der Waals surface area contributed by atoms with Crippen LogP contribution in [0.25, 0.3) is 11.4 Å². The summed E-state index contributed by atoms with van der Waals surface area (Å²) in [5.74, 6) is 2.39. The lowest BCUT2D eigenvalue weighted by Crippen LogP contribution is -2.41. The van der Waals surface area contributed by atoms with Gasteiger partial charge in [0, 0.05) is 31.0 Å². The zero-order valence-electron chi connectivity index (χ0n) is 18.6. The third-order valence-corrected chi connectivity index (χ3v) is 4.80. The predicted octanol–water partition coefficient (Wildman–Crippen LogP) is 4.36. The minimum absolute atomic E-state index is 0.0477. The summed E-state index contributed by atoms with van der Waals surface area (Å²) < 4.78 is 16.0. The number of benzene rings is 1. The number of amides is 1. The lowest BCUT2D eigenvalue weighted by molar-refractivity contribution is -0.135. The summed E-state index contributed by atoms with van der Waals surface area (Å²) in [6.07, 6.45) is 1.93. The summed E-state index contributed by atoms with van der Waals surface area (Å²) >= 11 is 0. The van der Waals surface area contributed by atoms with Crippen molar-refractivity contribution in [2.75, 3.05) is 20.8 Å². The van der Waals surface area contributed by atoms with E-state index in [-0.39, 0.29) is 17.4 Å². The van der Waals surface area contributed by atoms with Crippen LogP contribution in [0.1, 0.15) is 53.4 Å². The molecule has 0 aliphatic carbocycles. The fraction of sp³-hybridized carbons (Fsp3) is 0.591. The van der Waals surface area contributed by atoms with E-state index >= 15 is 0 Å².